The highest BCUT2D eigenvalue weighted by Gasteiger charge is 2.27. The van der Waals surface area contributed by atoms with E-state index in [1.807, 2.05) is 0 Å². The zero-order chi connectivity index (χ0) is 12.3. The van der Waals surface area contributed by atoms with Gasteiger partial charge < -0.3 is 20.9 Å². The molecule has 1 unspecified atom stereocenters. The van der Waals surface area contributed by atoms with Crippen molar-refractivity contribution < 1.29 is 4.79 Å². The molecule has 3 N–H and O–H groups in total. The van der Waals surface area contributed by atoms with E-state index in [9.17, 15) is 4.79 Å². The summed E-state index contributed by atoms with van der Waals surface area (Å²) in [5.74, 6) is -0.203. The first-order valence-electron chi connectivity index (χ1n) is 6.61. The Morgan fingerprint density at radius 3 is 2.53 bits per heavy atom. The highest BCUT2D eigenvalue weighted by Crippen LogP contribution is 2.20. The van der Waals surface area contributed by atoms with E-state index in [0.29, 0.717) is 6.04 Å². The topological polar surface area (TPSA) is 61.6 Å². The average molecular weight is 240 g/mol. The molecule has 5 nitrogen and oxygen atoms in total. The first-order chi connectivity index (χ1) is 8.15. The number of likely N-dealkylation sites (N-methyl/N-ethyl adjacent to an activating group) is 1. The number of piperazine rings is 1. The lowest BCUT2D eigenvalue weighted by Gasteiger charge is -2.33. The molecule has 1 saturated heterocycles. The minimum absolute atomic E-state index is 0.137. The molecule has 17 heavy (non-hydrogen) atoms. The first-order valence-corrected chi connectivity index (χ1v) is 6.61. The van der Waals surface area contributed by atoms with Gasteiger partial charge in [-0.2, -0.15) is 0 Å². The molecule has 2 aliphatic rings. The number of nitrogens with two attached hydrogens (primary N) is 1. The third kappa shape index (κ3) is 4.26. The van der Waals surface area contributed by atoms with E-state index in [2.05, 4.69) is 22.2 Å². The number of amides is 1. The van der Waals surface area contributed by atoms with Gasteiger partial charge in [0.25, 0.3) is 0 Å². The summed E-state index contributed by atoms with van der Waals surface area (Å²) in [5, 5.41) is 3.33. The lowest BCUT2D eigenvalue weighted by atomic mass is 10.1. The molecule has 0 radical (unpaired) electrons. The molecule has 2 rings (SSSR count). The monoisotopic (exact) mass is 240 g/mol. The van der Waals surface area contributed by atoms with Crippen LogP contribution in [0.3, 0.4) is 0 Å². The normalized spacial score (nSPS) is 24.8. The van der Waals surface area contributed by atoms with E-state index in [0.717, 1.165) is 39.1 Å². The van der Waals surface area contributed by atoms with E-state index < -0.39 is 0 Å². The largest absolute Gasteiger partial charge is 0.368 e. The van der Waals surface area contributed by atoms with Crippen LogP contribution in [0.1, 0.15) is 19.3 Å². The number of hydrogen-bond donors (Lipinski definition) is 2. The van der Waals surface area contributed by atoms with Crippen LogP contribution in [-0.4, -0.2) is 67.6 Å². The van der Waals surface area contributed by atoms with Gasteiger partial charge in [0.2, 0.25) is 5.91 Å². The van der Waals surface area contributed by atoms with Crippen LogP contribution < -0.4 is 11.1 Å². The Hall–Kier alpha value is -0.650. The number of carbonyl (C=O) groups is 1. The summed E-state index contributed by atoms with van der Waals surface area (Å²) in [6.07, 6.45) is 3.23. The highest BCUT2D eigenvalue weighted by atomic mass is 16.1. The quantitative estimate of drug-likeness (QED) is 0.640. The second-order valence-corrected chi connectivity index (χ2v) is 5.33. The summed E-state index contributed by atoms with van der Waals surface area (Å²) < 4.78 is 0. The Labute approximate surface area is 103 Å². The van der Waals surface area contributed by atoms with E-state index in [4.69, 9.17) is 5.73 Å². The molecule has 2 fully saturated rings. The molecule has 0 aromatic carbocycles. The van der Waals surface area contributed by atoms with Crippen molar-refractivity contribution in [2.24, 2.45) is 5.73 Å². The number of nitrogens with zero attached hydrogens (tertiary/aromatic N) is 2. The van der Waals surface area contributed by atoms with Crippen molar-refractivity contribution >= 4 is 5.91 Å². The van der Waals surface area contributed by atoms with Crippen LogP contribution in [0, 0.1) is 0 Å². The van der Waals surface area contributed by atoms with Gasteiger partial charge in [-0.1, -0.05) is 0 Å². The lowest BCUT2D eigenvalue weighted by Crippen LogP contribution is -2.48. The first kappa shape index (κ1) is 12.8. The van der Waals surface area contributed by atoms with Gasteiger partial charge >= 0.3 is 0 Å². The number of hydrogen-bond acceptors (Lipinski definition) is 4. The molecule has 1 atom stereocenters. The third-order valence-electron chi connectivity index (χ3n) is 3.69. The molecule has 0 bridgehead atoms. The Balaban J connectivity index is 1.68. The molecule has 5 heteroatoms. The summed E-state index contributed by atoms with van der Waals surface area (Å²) in [5.41, 5.74) is 5.42. The number of primary amides is 1. The fraction of sp³-hybridized carbons (Fsp3) is 0.917. The maximum Gasteiger partial charge on any atom is 0.234 e. The molecule has 1 aliphatic carbocycles. The van der Waals surface area contributed by atoms with Gasteiger partial charge in [0.1, 0.15) is 0 Å². The summed E-state index contributed by atoms with van der Waals surface area (Å²) in [6.45, 7) is 5.42. The molecule has 98 valence electrons. The smallest absolute Gasteiger partial charge is 0.234 e. The second-order valence-electron chi connectivity index (χ2n) is 5.33. The average Bonchev–Trinajstić information content (AvgIpc) is 3.10. The Morgan fingerprint density at radius 2 is 2.00 bits per heavy atom. The predicted molar refractivity (Wildman–Crippen MR) is 67.7 cm³/mol. The molecule has 0 aromatic heterocycles. The van der Waals surface area contributed by atoms with Crippen LogP contribution in [0.5, 0.6) is 0 Å². The molecule has 1 aliphatic heterocycles. The van der Waals surface area contributed by atoms with E-state index >= 15 is 0 Å². The van der Waals surface area contributed by atoms with Crippen LogP contribution >= 0.6 is 0 Å². The summed E-state index contributed by atoms with van der Waals surface area (Å²) in [6, 6.07) is 0.405. The fourth-order valence-electron chi connectivity index (χ4n) is 2.23. The number of carbonyl (C=O) groups excluding carboxylic acids is 1. The zero-order valence-electron chi connectivity index (χ0n) is 10.7. The summed E-state index contributed by atoms with van der Waals surface area (Å²) in [7, 11) is 2.15. The van der Waals surface area contributed by atoms with Gasteiger partial charge in [0.05, 0.1) is 6.04 Å². The van der Waals surface area contributed by atoms with Crippen LogP contribution in [0.4, 0.5) is 0 Å². The summed E-state index contributed by atoms with van der Waals surface area (Å²) >= 11 is 0. The lowest BCUT2D eigenvalue weighted by molar-refractivity contribution is -0.120. The summed E-state index contributed by atoms with van der Waals surface area (Å²) in [4.78, 5) is 16.1. The van der Waals surface area contributed by atoms with Crippen molar-refractivity contribution in [3.05, 3.63) is 0 Å². The maximum atomic E-state index is 11.3. The van der Waals surface area contributed by atoms with Crippen LogP contribution in [0.15, 0.2) is 0 Å². The van der Waals surface area contributed by atoms with Crippen LogP contribution in [0.2, 0.25) is 0 Å². The van der Waals surface area contributed by atoms with Crippen molar-refractivity contribution in [3.8, 4) is 0 Å². The maximum absolute atomic E-state index is 11.3. The van der Waals surface area contributed by atoms with Gasteiger partial charge in [-0.15, -0.1) is 0 Å². The van der Waals surface area contributed by atoms with Crippen molar-refractivity contribution in [2.75, 3.05) is 39.8 Å². The van der Waals surface area contributed by atoms with Crippen molar-refractivity contribution in [2.45, 2.75) is 31.3 Å². The number of nitrogens with one attached hydrogen (secondary N) is 1. The minimum Gasteiger partial charge on any atom is -0.368 e. The van der Waals surface area contributed by atoms with Crippen LogP contribution in [0.25, 0.3) is 0 Å². The number of rotatable bonds is 6. The van der Waals surface area contributed by atoms with Crippen molar-refractivity contribution in [3.63, 3.8) is 0 Å². The Bertz CT molecular complexity index is 259. The third-order valence-corrected chi connectivity index (χ3v) is 3.69. The molecule has 1 heterocycles. The molecular formula is C12H24N4O. The highest BCUT2D eigenvalue weighted by molar-refractivity contribution is 5.79. The van der Waals surface area contributed by atoms with Gasteiger partial charge in [-0.3, -0.25) is 4.79 Å². The predicted octanol–water partition coefficient (Wildman–Crippen LogP) is -0.770. The minimum atomic E-state index is -0.203. The Kier molecular flexibility index (Phi) is 4.36. The Morgan fingerprint density at radius 1 is 1.35 bits per heavy atom. The standard InChI is InChI=1S/C12H24N4O/c1-15-6-8-16(9-7-15)5-4-11(12(13)17)14-10-2-3-10/h10-11,14H,2-9H2,1H3,(H2,13,17). The van der Waals surface area contributed by atoms with Gasteiger partial charge in [-0.25, -0.2) is 0 Å². The van der Waals surface area contributed by atoms with E-state index in [1.54, 1.807) is 0 Å². The van der Waals surface area contributed by atoms with E-state index in [-0.39, 0.29) is 11.9 Å². The molecular weight excluding hydrogens is 216 g/mol. The SMILES string of the molecule is CN1CCN(CCC(NC2CC2)C(N)=O)CC1. The van der Waals surface area contributed by atoms with Crippen LogP contribution in [-0.2, 0) is 4.79 Å². The van der Waals surface area contributed by atoms with Gasteiger partial charge in [0, 0.05) is 38.8 Å². The van der Waals surface area contributed by atoms with Gasteiger partial charge in [-0.05, 0) is 26.3 Å². The molecule has 0 aromatic rings. The molecule has 1 amide bonds. The fourth-order valence-corrected chi connectivity index (χ4v) is 2.23. The van der Waals surface area contributed by atoms with E-state index in [1.165, 1.54) is 12.8 Å². The molecule has 0 spiro atoms. The molecule has 1 saturated carbocycles. The van der Waals surface area contributed by atoms with Crippen molar-refractivity contribution in [1.29, 1.82) is 0 Å². The second kappa shape index (κ2) is 5.80. The van der Waals surface area contributed by atoms with Gasteiger partial charge in [0.15, 0.2) is 0 Å². The zero-order valence-corrected chi connectivity index (χ0v) is 10.7. The van der Waals surface area contributed by atoms with Crippen molar-refractivity contribution in [1.82, 2.24) is 15.1 Å².